The lowest BCUT2D eigenvalue weighted by Crippen LogP contribution is -2.42. The predicted octanol–water partition coefficient (Wildman–Crippen LogP) is 2.51. The van der Waals surface area contributed by atoms with Crippen LogP contribution < -0.4 is 0 Å². The zero-order valence-electron chi connectivity index (χ0n) is 9.94. The molecule has 0 saturated heterocycles. The normalized spacial score (nSPS) is 30.2. The highest BCUT2D eigenvalue weighted by Crippen LogP contribution is 2.18. The standard InChI is InChI=1S/C12H22O3/c1-4-7-14-11-6-9-13-10(3)12(11)15-8-5-2/h6,9-12H,4-5,7-8H2,1-3H3/t10-,11-,12-/m0/s1. The SMILES string of the molecule is CCCO[C@H]1[C@H](C)OC=C[C@@H]1OCCC. The molecular formula is C12H22O3. The van der Waals surface area contributed by atoms with Gasteiger partial charge in [-0.2, -0.15) is 0 Å². The van der Waals surface area contributed by atoms with Crippen LogP contribution in [0.1, 0.15) is 33.6 Å². The largest absolute Gasteiger partial charge is 0.496 e. The van der Waals surface area contributed by atoms with Gasteiger partial charge in [-0.1, -0.05) is 13.8 Å². The van der Waals surface area contributed by atoms with Crippen LogP contribution in [0, 0.1) is 0 Å². The Labute approximate surface area is 92.4 Å². The van der Waals surface area contributed by atoms with Gasteiger partial charge in [0.25, 0.3) is 0 Å². The fourth-order valence-electron chi connectivity index (χ4n) is 1.59. The summed E-state index contributed by atoms with van der Waals surface area (Å²) in [6.07, 6.45) is 5.85. The molecular weight excluding hydrogens is 192 g/mol. The Balaban J connectivity index is 2.47. The molecule has 0 aromatic carbocycles. The van der Waals surface area contributed by atoms with Crippen molar-refractivity contribution in [1.82, 2.24) is 0 Å². The van der Waals surface area contributed by atoms with Gasteiger partial charge >= 0.3 is 0 Å². The molecule has 0 fully saturated rings. The van der Waals surface area contributed by atoms with Gasteiger partial charge in [-0.25, -0.2) is 0 Å². The van der Waals surface area contributed by atoms with Gasteiger partial charge in [-0.15, -0.1) is 0 Å². The second-order valence-corrected chi connectivity index (χ2v) is 3.84. The van der Waals surface area contributed by atoms with Crippen LogP contribution in [0.5, 0.6) is 0 Å². The molecule has 3 heteroatoms. The van der Waals surface area contributed by atoms with Crippen LogP contribution in [0.3, 0.4) is 0 Å². The van der Waals surface area contributed by atoms with E-state index in [-0.39, 0.29) is 18.3 Å². The maximum atomic E-state index is 5.75. The Bertz CT molecular complexity index is 191. The van der Waals surface area contributed by atoms with Crippen LogP contribution in [0.25, 0.3) is 0 Å². The van der Waals surface area contributed by atoms with Crippen LogP contribution in [0.4, 0.5) is 0 Å². The highest BCUT2D eigenvalue weighted by atomic mass is 16.6. The van der Waals surface area contributed by atoms with E-state index in [0.717, 1.165) is 26.1 Å². The van der Waals surface area contributed by atoms with Gasteiger partial charge in [0.05, 0.1) is 6.26 Å². The molecule has 0 aromatic rings. The molecule has 1 rings (SSSR count). The third-order valence-electron chi connectivity index (χ3n) is 2.38. The third kappa shape index (κ3) is 3.84. The second kappa shape index (κ2) is 6.85. The van der Waals surface area contributed by atoms with Crippen molar-refractivity contribution < 1.29 is 14.2 Å². The molecule has 0 saturated carbocycles. The van der Waals surface area contributed by atoms with E-state index < -0.39 is 0 Å². The van der Waals surface area contributed by atoms with E-state index in [1.807, 2.05) is 13.0 Å². The first-order valence-electron chi connectivity index (χ1n) is 5.85. The van der Waals surface area contributed by atoms with Crippen molar-refractivity contribution in [3.05, 3.63) is 12.3 Å². The van der Waals surface area contributed by atoms with Gasteiger partial charge < -0.3 is 14.2 Å². The fourth-order valence-corrected chi connectivity index (χ4v) is 1.59. The predicted molar refractivity (Wildman–Crippen MR) is 59.7 cm³/mol. The van der Waals surface area contributed by atoms with Crippen LogP contribution in [-0.2, 0) is 14.2 Å². The first-order chi connectivity index (χ1) is 7.29. The summed E-state index contributed by atoms with van der Waals surface area (Å²) in [5, 5.41) is 0. The summed E-state index contributed by atoms with van der Waals surface area (Å²) >= 11 is 0. The van der Waals surface area contributed by atoms with E-state index in [1.165, 1.54) is 0 Å². The van der Waals surface area contributed by atoms with Crippen LogP contribution in [-0.4, -0.2) is 31.5 Å². The molecule has 1 heterocycles. The average Bonchev–Trinajstić information content (AvgIpc) is 2.25. The summed E-state index contributed by atoms with van der Waals surface area (Å²) < 4.78 is 16.9. The Kier molecular flexibility index (Phi) is 5.73. The first-order valence-corrected chi connectivity index (χ1v) is 5.85. The van der Waals surface area contributed by atoms with E-state index in [2.05, 4.69) is 13.8 Å². The van der Waals surface area contributed by atoms with Crippen molar-refractivity contribution in [3.63, 3.8) is 0 Å². The smallest absolute Gasteiger partial charge is 0.124 e. The Morgan fingerprint density at radius 1 is 1.13 bits per heavy atom. The van der Waals surface area contributed by atoms with Crippen LogP contribution in [0.15, 0.2) is 12.3 Å². The number of ether oxygens (including phenoxy) is 3. The zero-order valence-corrected chi connectivity index (χ0v) is 9.94. The van der Waals surface area contributed by atoms with Crippen molar-refractivity contribution in [3.8, 4) is 0 Å². The number of hydrogen-bond donors (Lipinski definition) is 0. The Hall–Kier alpha value is -0.540. The van der Waals surface area contributed by atoms with Crippen molar-refractivity contribution in [2.45, 2.75) is 51.9 Å². The highest BCUT2D eigenvalue weighted by molar-refractivity contribution is 4.97. The van der Waals surface area contributed by atoms with Gasteiger partial charge in [0.1, 0.15) is 18.3 Å². The van der Waals surface area contributed by atoms with Crippen LogP contribution in [0.2, 0.25) is 0 Å². The molecule has 1 aliphatic heterocycles. The second-order valence-electron chi connectivity index (χ2n) is 3.84. The highest BCUT2D eigenvalue weighted by Gasteiger charge is 2.30. The molecule has 0 aliphatic carbocycles. The van der Waals surface area contributed by atoms with E-state index in [4.69, 9.17) is 14.2 Å². The van der Waals surface area contributed by atoms with Gasteiger partial charge in [-0.3, -0.25) is 0 Å². The lowest BCUT2D eigenvalue weighted by atomic mass is 10.1. The van der Waals surface area contributed by atoms with Crippen molar-refractivity contribution in [2.24, 2.45) is 0 Å². The maximum absolute atomic E-state index is 5.75. The van der Waals surface area contributed by atoms with Crippen molar-refractivity contribution in [2.75, 3.05) is 13.2 Å². The van der Waals surface area contributed by atoms with Crippen LogP contribution >= 0.6 is 0 Å². The summed E-state index contributed by atoms with van der Waals surface area (Å²) in [5.74, 6) is 0. The third-order valence-corrected chi connectivity index (χ3v) is 2.38. The summed E-state index contributed by atoms with van der Waals surface area (Å²) in [6, 6.07) is 0. The summed E-state index contributed by atoms with van der Waals surface area (Å²) in [5.41, 5.74) is 0. The summed E-state index contributed by atoms with van der Waals surface area (Å²) in [6.45, 7) is 7.76. The quantitative estimate of drug-likeness (QED) is 0.680. The lowest BCUT2D eigenvalue weighted by molar-refractivity contribution is -0.115. The molecule has 0 unspecified atom stereocenters. The zero-order chi connectivity index (χ0) is 11.1. The maximum Gasteiger partial charge on any atom is 0.124 e. The minimum absolute atomic E-state index is 0.0292. The molecule has 0 spiro atoms. The molecule has 1 aliphatic rings. The minimum atomic E-state index is 0.0292. The molecule has 15 heavy (non-hydrogen) atoms. The van der Waals surface area contributed by atoms with E-state index in [9.17, 15) is 0 Å². The Morgan fingerprint density at radius 2 is 1.80 bits per heavy atom. The van der Waals surface area contributed by atoms with Gasteiger partial charge in [-0.05, 0) is 25.8 Å². The molecule has 88 valence electrons. The molecule has 0 amide bonds. The fraction of sp³-hybridized carbons (Fsp3) is 0.833. The van der Waals surface area contributed by atoms with E-state index >= 15 is 0 Å². The van der Waals surface area contributed by atoms with Crippen molar-refractivity contribution >= 4 is 0 Å². The molecule has 3 atom stereocenters. The van der Waals surface area contributed by atoms with Crippen molar-refractivity contribution in [1.29, 1.82) is 0 Å². The number of rotatable bonds is 6. The Morgan fingerprint density at radius 3 is 2.47 bits per heavy atom. The van der Waals surface area contributed by atoms with Gasteiger partial charge in [0.15, 0.2) is 0 Å². The summed E-state index contributed by atoms with van der Waals surface area (Å²) in [7, 11) is 0. The monoisotopic (exact) mass is 214 g/mol. The summed E-state index contributed by atoms with van der Waals surface area (Å²) in [4.78, 5) is 0. The molecule has 0 radical (unpaired) electrons. The minimum Gasteiger partial charge on any atom is -0.496 e. The van der Waals surface area contributed by atoms with Gasteiger partial charge in [0, 0.05) is 13.2 Å². The van der Waals surface area contributed by atoms with E-state index in [1.54, 1.807) is 6.26 Å². The lowest BCUT2D eigenvalue weighted by Gasteiger charge is -2.32. The number of hydrogen-bond acceptors (Lipinski definition) is 3. The molecule has 3 nitrogen and oxygen atoms in total. The average molecular weight is 214 g/mol. The molecule has 0 N–H and O–H groups in total. The molecule has 0 aromatic heterocycles. The first kappa shape index (κ1) is 12.5. The van der Waals surface area contributed by atoms with Gasteiger partial charge in [0.2, 0.25) is 0 Å². The molecule has 0 bridgehead atoms. The topological polar surface area (TPSA) is 27.7 Å². The van der Waals surface area contributed by atoms with E-state index in [0.29, 0.717) is 0 Å².